The van der Waals surface area contributed by atoms with Crippen molar-refractivity contribution in [2.75, 3.05) is 17.9 Å². The van der Waals surface area contributed by atoms with Crippen LogP contribution in [0.2, 0.25) is 0 Å². The summed E-state index contributed by atoms with van der Waals surface area (Å²) in [5, 5.41) is 0.724. The predicted molar refractivity (Wildman–Crippen MR) is 61.2 cm³/mol. The molecule has 4 nitrogen and oxygen atoms in total. The predicted octanol–water partition coefficient (Wildman–Crippen LogP) is 1.60. The maximum atomic E-state index is 11.7. The van der Waals surface area contributed by atoms with Crippen molar-refractivity contribution in [1.82, 2.24) is 9.97 Å². The summed E-state index contributed by atoms with van der Waals surface area (Å²) in [6.45, 7) is 0. The average Bonchev–Trinajstić information content (AvgIpc) is 2.26. The molecule has 1 aromatic rings. The summed E-state index contributed by atoms with van der Waals surface area (Å²) in [6.07, 6.45) is 3.53. The topological polar surface area (TPSA) is 59.9 Å². The molecule has 0 saturated carbocycles. The second-order valence-electron chi connectivity index (χ2n) is 2.76. The van der Waals surface area contributed by atoms with E-state index in [4.69, 9.17) is 11.6 Å². The van der Waals surface area contributed by atoms with E-state index < -0.39 is 9.84 Å². The van der Waals surface area contributed by atoms with Gasteiger partial charge in [-0.15, -0.1) is 23.4 Å². The first-order valence-electron chi connectivity index (χ1n) is 4.25. The highest BCUT2D eigenvalue weighted by molar-refractivity contribution is 7.98. The average molecular weight is 267 g/mol. The molecule has 0 aliphatic carbocycles. The third-order valence-electron chi connectivity index (χ3n) is 1.69. The summed E-state index contributed by atoms with van der Waals surface area (Å²) >= 11 is 6.83. The van der Waals surface area contributed by atoms with Crippen LogP contribution in [-0.2, 0) is 9.84 Å². The van der Waals surface area contributed by atoms with Gasteiger partial charge in [0.1, 0.15) is 11.4 Å². The number of rotatable bonds is 5. The number of nitrogens with zero attached hydrogens (tertiary/aromatic N) is 2. The molecule has 0 unspecified atom stereocenters. The van der Waals surface area contributed by atoms with Gasteiger partial charge in [-0.3, -0.25) is 0 Å². The van der Waals surface area contributed by atoms with Crippen molar-refractivity contribution in [3.05, 3.63) is 12.4 Å². The van der Waals surface area contributed by atoms with Gasteiger partial charge in [0.25, 0.3) is 0 Å². The number of aromatic nitrogens is 2. The Morgan fingerprint density at radius 3 is 2.80 bits per heavy atom. The first-order chi connectivity index (χ1) is 7.10. The van der Waals surface area contributed by atoms with Gasteiger partial charge in [-0.1, -0.05) is 0 Å². The van der Waals surface area contributed by atoms with Crippen LogP contribution in [0.1, 0.15) is 6.42 Å². The molecule has 15 heavy (non-hydrogen) atoms. The summed E-state index contributed by atoms with van der Waals surface area (Å²) < 4.78 is 23.4. The van der Waals surface area contributed by atoms with Crippen LogP contribution in [0.4, 0.5) is 0 Å². The maximum absolute atomic E-state index is 11.7. The van der Waals surface area contributed by atoms with Crippen LogP contribution in [0.15, 0.2) is 22.4 Å². The standard InChI is InChI=1S/C8H11ClN2O2S2/c1-14-7-5-8(11-6-10-7)15(12,13)4-2-3-9/h5-6H,2-4H2,1H3. The summed E-state index contributed by atoms with van der Waals surface area (Å²) in [5.41, 5.74) is 0. The quantitative estimate of drug-likeness (QED) is 0.460. The molecular weight excluding hydrogens is 256 g/mol. The summed E-state index contributed by atoms with van der Waals surface area (Å²) in [6, 6.07) is 1.48. The van der Waals surface area contributed by atoms with Gasteiger partial charge >= 0.3 is 0 Å². The molecule has 0 N–H and O–H groups in total. The molecule has 7 heteroatoms. The highest BCUT2D eigenvalue weighted by Crippen LogP contribution is 2.15. The summed E-state index contributed by atoms with van der Waals surface area (Å²) in [4.78, 5) is 7.67. The van der Waals surface area contributed by atoms with Gasteiger partial charge < -0.3 is 0 Å². The molecule has 0 saturated heterocycles. The van der Waals surface area contributed by atoms with Crippen LogP contribution < -0.4 is 0 Å². The highest BCUT2D eigenvalue weighted by Gasteiger charge is 2.16. The fraction of sp³-hybridized carbons (Fsp3) is 0.500. The molecule has 0 radical (unpaired) electrons. The molecule has 0 amide bonds. The minimum atomic E-state index is -3.30. The molecule has 1 rings (SSSR count). The number of hydrogen-bond donors (Lipinski definition) is 0. The van der Waals surface area contributed by atoms with Crippen molar-refractivity contribution in [1.29, 1.82) is 0 Å². The fourth-order valence-corrected chi connectivity index (χ4v) is 2.93. The number of thioether (sulfide) groups is 1. The van der Waals surface area contributed by atoms with E-state index in [0.717, 1.165) is 0 Å². The molecule has 0 aliphatic heterocycles. The maximum Gasteiger partial charge on any atom is 0.195 e. The zero-order chi connectivity index (χ0) is 11.3. The summed E-state index contributed by atoms with van der Waals surface area (Å²) in [5.74, 6) is 0.362. The third kappa shape index (κ3) is 3.62. The van der Waals surface area contributed by atoms with Gasteiger partial charge in [0.2, 0.25) is 0 Å². The minimum Gasteiger partial charge on any atom is -0.230 e. The van der Waals surface area contributed by atoms with Crippen LogP contribution in [0, 0.1) is 0 Å². The van der Waals surface area contributed by atoms with Gasteiger partial charge in [-0.05, 0) is 12.7 Å². The number of alkyl halides is 1. The lowest BCUT2D eigenvalue weighted by atomic mass is 10.6. The van der Waals surface area contributed by atoms with Gasteiger partial charge in [0.05, 0.1) is 5.75 Å². The van der Waals surface area contributed by atoms with E-state index in [1.165, 1.54) is 24.2 Å². The molecule has 1 heterocycles. The Morgan fingerprint density at radius 1 is 1.47 bits per heavy atom. The van der Waals surface area contributed by atoms with Crippen molar-refractivity contribution < 1.29 is 8.42 Å². The van der Waals surface area contributed by atoms with Crippen molar-refractivity contribution in [2.24, 2.45) is 0 Å². The highest BCUT2D eigenvalue weighted by atomic mass is 35.5. The lowest BCUT2D eigenvalue weighted by Gasteiger charge is -2.02. The largest absolute Gasteiger partial charge is 0.230 e. The van der Waals surface area contributed by atoms with Crippen molar-refractivity contribution in [3.8, 4) is 0 Å². The molecule has 0 spiro atoms. The Morgan fingerprint density at radius 2 is 2.20 bits per heavy atom. The second kappa shape index (κ2) is 5.67. The fourth-order valence-electron chi connectivity index (χ4n) is 0.954. The van der Waals surface area contributed by atoms with E-state index in [2.05, 4.69) is 9.97 Å². The van der Waals surface area contributed by atoms with E-state index in [0.29, 0.717) is 17.3 Å². The van der Waals surface area contributed by atoms with E-state index in [9.17, 15) is 8.42 Å². The van der Waals surface area contributed by atoms with Crippen LogP contribution in [0.3, 0.4) is 0 Å². The Balaban J connectivity index is 2.94. The smallest absolute Gasteiger partial charge is 0.195 e. The second-order valence-corrected chi connectivity index (χ2v) is 6.02. The summed E-state index contributed by atoms with van der Waals surface area (Å²) in [7, 11) is -3.30. The molecule has 0 aromatic carbocycles. The van der Waals surface area contributed by atoms with E-state index >= 15 is 0 Å². The Labute approximate surface area is 98.4 Å². The van der Waals surface area contributed by atoms with E-state index in [-0.39, 0.29) is 10.8 Å². The Kier molecular flexibility index (Phi) is 4.82. The molecule has 84 valence electrons. The van der Waals surface area contributed by atoms with Gasteiger partial charge in [-0.25, -0.2) is 18.4 Å². The molecule has 0 fully saturated rings. The number of hydrogen-bond acceptors (Lipinski definition) is 5. The first kappa shape index (κ1) is 12.7. The lowest BCUT2D eigenvalue weighted by Crippen LogP contribution is -2.09. The normalized spacial score (nSPS) is 11.6. The SMILES string of the molecule is CSc1cc(S(=O)(=O)CCCCl)ncn1. The third-order valence-corrected chi connectivity index (χ3v) is 4.29. The number of halogens is 1. The van der Waals surface area contributed by atoms with Crippen LogP contribution >= 0.6 is 23.4 Å². The van der Waals surface area contributed by atoms with Crippen LogP contribution in [0.5, 0.6) is 0 Å². The van der Waals surface area contributed by atoms with Crippen LogP contribution in [-0.4, -0.2) is 36.3 Å². The Hall–Kier alpha value is -0.330. The molecule has 0 aliphatic rings. The van der Waals surface area contributed by atoms with Gasteiger partial charge in [0, 0.05) is 11.9 Å². The van der Waals surface area contributed by atoms with Crippen molar-refractivity contribution in [2.45, 2.75) is 16.5 Å². The van der Waals surface area contributed by atoms with E-state index in [1.807, 2.05) is 6.26 Å². The molecule has 0 bridgehead atoms. The number of sulfone groups is 1. The zero-order valence-electron chi connectivity index (χ0n) is 8.18. The molecule has 1 aromatic heterocycles. The molecule has 0 atom stereocenters. The van der Waals surface area contributed by atoms with Crippen molar-refractivity contribution in [3.63, 3.8) is 0 Å². The van der Waals surface area contributed by atoms with Gasteiger partial charge in [0.15, 0.2) is 14.9 Å². The van der Waals surface area contributed by atoms with Crippen molar-refractivity contribution >= 4 is 33.2 Å². The molecular formula is C8H11ClN2O2S2. The van der Waals surface area contributed by atoms with Crippen LogP contribution in [0.25, 0.3) is 0 Å². The zero-order valence-corrected chi connectivity index (χ0v) is 10.6. The van der Waals surface area contributed by atoms with Gasteiger partial charge in [-0.2, -0.15) is 0 Å². The van der Waals surface area contributed by atoms with E-state index in [1.54, 1.807) is 0 Å². The lowest BCUT2D eigenvalue weighted by molar-refractivity contribution is 0.590. The first-order valence-corrected chi connectivity index (χ1v) is 7.66. The minimum absolute atomic E-state index is 0.0291. The Bertz CT molecular complexity index is 422. The monoisotopic (exact) mass is 266 g/mol.